The van der Waals surface area contributed by atoms with Crippen LogP contribution in [0.5, 0.6) is 5.75 Å². The number of carboxylic acids is 1. The zero-order valence-electron chi connectivity index (χ0n) is 14.6. The van der Waals surface area contributed by atoms with Gasteiger partial charge in [-0.1, -0.05) is 12.1 Å². The first-order valence-electron chi connectivity index (χ1n) is 9.04. The van der Waals surface area contributed by atoms with E-state index in [4.69, 9.17) is 9.84 Å². The summed E-state index contributed by atoms with van der Waals surface area (Å²) >= 11 is 0. The van der Waals surface area contributed by atoms with Crippen LogP contribution < -0.4 is 15.4 Å². The van der Waals surface area contributed by atoms with E-state index in [1.807, 2.05) is 12.1 Å². The number of amides is 2. The van der Waals surface area contributed by atoms with Crippen molar-refractivity contribution in [2.24, 2.45) is 11.8 Å². The summed E-state index contributed by atoms with van der Waals surface area (Å²) in [4.78, 5) is 34.5. The first-order chi connectivity index (χ1) is 12.5. The van der Waals surface area contributed by atoms with Crippen molar-refractivity contribution >= 4 is 17.8 Å². The Morgan fingerprint density at radius 1 is 1.04 bits per heavy atom. The van der Waals surface area contributed by atoms with E-state index in [2.05, 4.69) is 10.6 Å². The first-order valence-corrected chi connectivity index (χ1v) is 9.04. The van der Waals surface area contributed by atoms with E-state index in [0.717, 1.165) is 18.4 Å². The molecule has 2 aliphatic carbocycles. The van der Waals surface area contributed by atoms with Gasteiger partial charge in [0.05, 0.1) is 11.8 Å². The van der Waals surface area contributed by atoms with Crippen molar-refractivity contribution in [1.82, 2.24) is 10.6 Å². The molecule has 0 aromatic heterocycles. The molecule has 26 heavy (non-hydrogen) atoms. The maximum Gasteiger partial charge on any atom is 0.307 e. The molecule has 0 spiro atoms. The average molecular weight is 360 g/mol. The number of carbonyl (C=O) groups is 3. The van der Waals surface area contributed by atoms with Crippen LogP contribution in [0.15, 0.2) is 24.3 Å². The monoisotopic (exact) mass is 360 g/mol. The normalized spacial score (nSPS) is 21.4. The molecular weight excluding hydrogens is 336 g/mol. The fraction of sp³-hybridized carbons (Fsp3) is 0.526. The number of benzene rings is 1. The second kappa shape index (κ2) is 8.21. The second-order valence-electron chi connectivity index (χ2n) is 6.94. The molecule has 2 aliphatic rings. The van der Waals surface area contributed by atoms with Crippen LogP contribution in [0.25, 0.3) is 0 Å². The molecule has 0 aliphatic heterocycles. The molecule has 2 amide bonds. The van der Waals surface area contributed by atoms with Crippen molar-refractivity contribution in [3.05, 3.63) is 29.8 Å². The van der Waals surface area contributed by atoms with Gasteiger partial charge in [-0.3, -0.25) is 14.4 Å². The summed E-state index contributed by atoms with van der Waals surface area (Å²) < 4.78 is 5.44. The number of hydrogen-bond donors (Lipinski definition) is 3. The van der Waals surface area contributed by atoms with Gasteiger partial charge in [-0.2, -0.15) is 0 Å². The van der Waals surface area contributed by atoms with E-state index in [1.165, 1.54) is 0 Å². The molecule has 0 heterocycles. The number of aliphatic carboxylic acids is 1. The first kappa shape index (κ1) is 18.2. The lowest BCUT2D eigenvalue weighted by atomic mass is 9.73. The van der Waals surface area contributed by atoms with E-state index in [0.29, 0.717) is 37.6 Å². The predicted molar refractivity (Wildman–Crippen MR) is 93.7 cm³/mol. The van der Waals surface area contributed by atoms with Crippen LogP contribution in [0.4, 0.5) is 0 Å². The molecule has 2 atom stereocenters. The summed E-state index contributed by atoms with van der Waals surface area (Å²) in [5.41, 5.74) is 1.03. The lowest BCUT2D eigenvalue weighted by Gasteiger charge is -2.31. The van der Waals surface area contributed by atoms with Crippen LogP contribution in [0.1, 0.15) is 31.2 Å². The van der Waals surface area contributed by atoms with Crippen molar-refractivity contribution in [3.8, 4) is 5.75 Å². The molecule has 7 heteroatoms. The zero-order valence-corrected chi connectivity index (χ0v) is 14.6. The third-order valence-electron chi connectivity index (χ3n) is 4.88. The van der Waals surface area contributed by atoms with Gasteiger partial charge in [0.15, 0.2) is 6.61 Å². The molecule has 140 valence electrons. The Morgan fingerprint density at radius 2 is 1.73 bits per heavy atom. The summed E-state index contributed by atoms with van der Waals surface area (Å²) in [6, 6.07) is 7.71. The number of rotatable bonds is 9. The van der Waals surface area contributed by atoms with E-state index >= 15 is 0 Å². The van der Waals surface area contributed by atoms with Crippen LogP contribution in [-0.4, -0.2) is 42.1 Å². The summed E-state index contributed by atoms with van der Waals surface area (Å²) in [6.45, 7) is 0.476. The van der Waals surface area contributed by atoms with E-state index in [9.17, 15) is 14.4 Å². The highest BCUT2D eigenvalue weighted by molar-refractivity contribution is 5.86. The van der Waals surface area contributed by atoms with Gasteiger partial charge in [-0.15, -0.1) is 0 Å². The molecule has 1 aromatic rings. The van der Waals surface area contributed by atoms with Gasteiger partial charge in [-0.05, 0) is 49.8 Å². The van der Waals surface area contributed by atoms with Crippen LogP contribution in [-0.2, 0) is 20.8 Å². The van der Waals surface area contributed by atoms with Gasteiger partial charge in [0.25, 0.3) is 5.91 Å². The zero-order chi connectivity index (χ0) is 18.5. The van der Waals surface area contributed by atoms with E-state index < -0.39 is 17.8 Å². The molecule has 2 saturated carbocycles. The van der Waals surface area contributed by atoms with Crippen molar-refractivity contribution in [1.29, 1.82) is 0 Å². The third-order valence-corrected chi connectivity index (χ3v) is 4.88. The van der Waals surface area contributed by atoms with Gasteiger partial charge in [-0.25, -0.2) is 0 Å². The highest BCUT2D eigenvalue weighted by Gasteiger charge is 2.41. The Kier molecular flexibility index (Phi) is 5.75. The van der Waals surface area contributed by atoms with E-state index in [1.54, 1.807) is 12.1 Å². The Morgan fingerprint density at radius 3 is 2.31 bits per heavy atom. The highest BCUT2D eigenvalue weighted by atomic mass is 16.5. The number of hydrogen-bond acceptors (Lipinski definition) is 4. The highest BCUT2D eigenvalue weighted by Crippen LogP contribution is 2.34. The van der Waals surface area contributed by atoms with Gasteiger partial charge in [0.1, 0.15) is 5.75 Å². The quantitative estimate of drug-likeness (QED) is 0.612. The van der Waals surface area contributed by atoms with Crippen LogP contribution in [0.3, 0.4) is 0 Å². The molecule has 2 fully saturated rings. The third kappa shape index (κ3) is 4.97. The number of ether oxygens (including phenoxy) is 1. The summed E-state index contributed by atoms with van der Waals surface area (Å²) in [7, 11) is 0. The Labute approximate surface area is 152 Å². The molecule has 3 N–H and O–H groups in total. The summed E-state index contributed by atoms with van der Waals surface area (Å²) in [5.74, 6) is -1.48. The minimum atomic E-state index is -0.891. The fourth-order valence-corrected chi connectivity index (χ4v) is 2.97. The Balaban J connectivity index is 1.35. The number of nitrogens with one attached hydrogen (secondary N) is 2. The molecule has 1 aromatic carbocycles. The minimum absolute atomic E-state index is 0.0119. The Hall–Kier alpha value is -2.57. The second-order valence-corrected chi connectivity index (χ2v) is 6.94. The largest absolute Gasteiger partial charge is 0.484 e. The fourth-order valence-electron chi connectivity index (χ4n) is 2.97. The molecule has 2 unspecified atom stereocenters. The van der Waals surface area contributed by atoms with Crippen LogP contribution >= 0.6 is 0 Å². The standard InChI is InChI=1S/C19H24N2O5/c22-17(21-13-3-4-13)11-26-14-5-1-12(2-6-14)9-10-20-18(23)15-7-8-16(15)19(24)25/h1-2,5-6,13,15-16H,3-4,7-11H2,(H,20,23)(H,21,22)(H,24,25). The van der Waals surface area contributed by atoms with Crippen molar-refractivity contribution in [2.45, 2.75) is 38.1 Å². The summed E-state index contributed by atoms with van der Waals surface area (Å²) in [6.07, 6.45) is 3.97. The lowest BCUT2D eigenvalue weighted by Crippen LogP contribution is -2.44. The molecular formula is C19H24N2O5. The van der Waals surface area contributed by atoms with Gasteiger partial charge in [0, 0.05) is 12.6 Å². The van der Waals surface area contributed by atoms with Crippen LogP contribution in [0, 0.1) is 11.8 Å². The molecule has 0 saturated heterocycles. The van der Waals surface area contributed by atoms with Crippen molar-refractivity contribution in [2.75, 3.05) is 13.2 Å². The molecule has 0 radical (unpaired) electrons. The van der Waals surface area contributed by atoms with Gasteiger partial charge in [0.2, 0.25) is 5.91 Å². The van der Waals surface area contributed by atoms with Crippen LogP contribution in [0.2, 0.25) is 0 Å². The molecule has 0 bridgehead atoms. The lowest BCUT2D eigenvalue weighted by molar-refractivity contribution is -0.152. The molecule has 3 rings (SSSR count). The minimum Gasteiger partial charge on any atom is -0.484 e. The number of carbonyl (C=O) groups excluding carboxylic acids is 2. The number of carboxylic acid groups (broad SMARTS) is 1. The molecule has 7 nitrogen and oxygen atoms in total. The summed E-state index contributed by atoms with van der Waals surface area (Å²) in [5, 5.41) is 14.7. The maximum atomic E-state index is 12.0. The predicted octanol–water partition coefficient (Wildman–Crippen LogP) is 1.11. The SMILES string of the molecule is O=C(COc1ccc(CCNC(=O)C2CCC2C(=O)O)cc1)NC1CC1. The van der Waals surface area contributed by atoms with Gasteiger partial charge < -0.3 is 20.5 Å². The Bertz CT molecular complexity index is 669. The van der Waals surface area contributed by atoms with Crippen molar-refractivity contribution in [3.63, 3.8) is 0 Å². The van der Waals surface area contributed by atoms with Crippen molar-refractivity contribution < 1.29 is 24.2 Å². The smallest absolute Gasteiger partial charge is 0.307 e. The average Bonchev–Trinajstić information content (AvgIpc) is 3.36. The topological polar surface area (TPSA) is 105 Å². The maximum absolute atomic E-state index is 12.0. The van der Waals surface area contributed by atoms with E-state index in [-0.39, 0.29) is 18.4 Å². The van der Waals surface area contributed by atoms with Gasteiger partial charge >= 0.3 is 5.97 Å².